The highest BCUT2D eigenvalue weighted by Gasteiger charge is 1.99. The summed E-state index contributed by atoms with van der Waals surface area (Å²) in [6.45, 7) is 0. The lowest BCUT2D eigenvalue weighted by molar-refractivity contribution is 0.355. The van der Waals surface area contributed by atoms with Gasteiger partial charge in [0.1, 0.15) is 0 Å². The van der Waals surface area contributed by atoms with Crippen LogP contribution in [0.2, 0.25) is 0 Å². The molecule has 0 amide bonds. The second kappa shape index (κ2) is 5.32. The minimum absolute atomic E-state index is 0.0646. The Labute approximate surface area is 72.5 Å². The van der Waals surface area contributed by atoms with Crippen LogP contribution in [0.25, 0.3) is 0 Å². The van der Waals surface area contributed by atoms with E-state index < -0.39 is 0 Å². The number of hydrogen-bond acceptors (Lipinski definition) is 4. The van der Waals surface area contributed by atoms with E-state index in [-0.39, 0.29) is 20.0 Å². The highest BCUT2D eigenvalue weighted by atomic mass is 28.4. The van der Waals surface area contributed by atoms with Gasteiger partial charge in [-0.15, -0.1) is 0 Å². The Hall–Kier alpha value is -0.349. The molecule has 1 heterocycles. The molecule has 11 heavy (non-hydrogen) atoms. The second-order valence-corrected chi connectivity index (χ2v) is 3.58. The van der Waals surface area contributed by atoms with Crippen LogP contribution in [-0.4, -0.2) is 30.5 Å². The van der Waals surface area contributed by atoms with Gasteiger partial charge < -0.3 is 17.1 Å². The molecular weight excluding hydrogens is 196 g/mol. The maximum atomic E-state index is 4.99. The largest absolute Gasteiger partial charge is 0.512 e. The van der Waals surface area contributed by atoms with E-state index in [1.165, 1.54) is 6.26 Å². The van der Waals surface area contributed by atoms with Crippen LogP contribution in [0.5, 0.6) is 5.95 Å². The van der Waals surface area contributed by atoms with Crippen LogP contribution < -0.4 is 4.43 Å². The van der Waals surface area contributed by atoms with Gasteiger partial charge in [-0.1, -0.05) is 0 Å². The summed E-state index contributed by atoms with van der Waals surface area (Å²) in [5.74, 6) is 0.446. The van der Waals surface area contributed by atoms with Gasteiger partial charge in [0.2, 0.25) is 10.5 Å². The molecule has 55 valence electrons. The van der Waals surface area contributed by atoms with Crippen molar-refractivity contribution in [3.05, 3.63) is 18.4 Å². The Balaban J connectivity index is 2.04. The van der Waals surface area contributed by atoms with Gasteiger partial charge in [0.25, 0.3) is 5.95 Å². The summed E-state index contributed by atoms with van der Waals surface area (Å²) in [5.41, 5.74) is 0. The van der Waals surface area contributed by atoms with Crippen LogP contribution in [-0.2, 0) is 8.23 Å². The Kier molecular flexibility index (Phi) is 4.23. The zero-order valence-electron chi connectivity index (χ0n) is 5.37. The molecule has 0 atom stereocenters. The number of furan rings is 1. The molecule has 0 spiro atoms. The molecule has 0 unspecified atom stereocenters. The zero-order valence-corrected chi connectivity index (χ0v) is 8.37. The van der Waals surface area contributed by atoms with Crippen molar-refractivity contribution < 1.29 is 17.1 Å². The molecule has 0 bridgehead atoms. The predicted octanol–water partition coefficient (Wildman–Crippen LogP) is -0.157. The molecule has 0 N–H and O–H groups in total. The Morgan fingerprint density at radius 1 is 1.45 bits per heavy atom. The van der Waals surface area contributed by atoms with Crippen molar-refractivity contribution in [2.45, 2.75) is 0 Å². The predicted molar refractivity (Wildman–Crippen MR) is 38.8 cm³/mol. The summed E-state index contributed by atoms with van der Waals surface area (Å²) in [6.07, 6.45) is 1.53. The smallest absolute Gasteiger partial charge is 0.491 e. The van der Waals surface area contributed by atoms with Crippen molar-refractivity contribution in [3.63, 3.8) is 0 Å². The van der Waals surface area contributed by atoms with Crippen molar-refractivity contribution >= 4 is 30.5 Å². The van der Waals surface area contributed by atoms with E-state index in [4.69, 9.17) is 13.0 Å². The van der Waals surface area contributed by atoms with Crippen LogP contribution in [0.4, 0.5) is 0 Å². The maximum absolute atomic E-state index is 4.99. The summed E-state index contributed by atoms with van der Waals surface area (Å²) >= 11 is 0. The quantitative estimate of drug-likeness (QED) is 0.488. The molecule has 1 aromatic heterocycles. The molecule has 1 aromatic rings. The Bertz CT molecular complexity index is 177. The maximum Gasteiger partial charge on any atom is 0.512 e. The molecule has 0 saturated heterocycles. The van der Waals surface area contributed by atoms with Gasteiger partial charge >= 0.3 is 20.0 Å². The minimum Gasteiger partial charge on any atom is -0.491 e. The van der Waals surface area contributed by atoms with Crippen LogP contribution in [0, 0.1) is 0 Å². The lowest BCUT2D eigenvalue weighted by Gasteiger charge is -1.97. The van der Waals surface area contributed by atoms with E-state index in [1.54, 1.807) is 12.1 Å². The zero-order chi connectivity index (χ0) is 7.94. The lowest BCUT2D eigenvalue weighted by atomic mass is 10.7. The molecule has 1 rings (SSSR count). The first kappa shape index (κ1) is 8.74. The average Bonchev–Trinajstić information content (AvgIpc) is 2.50. The van der Waals surface area contributed by atoms with Gasteiger partial charge in [-0.3, -0.25) is 0 Å². The molecule has 0 aromatic carbocycles. The fourth-order valence-corrected chi connectivity index (χ4v) is 1.46. The molecule has 4 nitrogen and oxygen atoms in total. The van der Waals surface area contributed by atoms with E-state index in [0.29, 0.717) is 5.95 Å². The lowest BCUT2D eigenvalue weighted by Crippen LogP contribution is -2.12. The standard InChI is InChI=1S/C4H3O4Si3/c9-7-11-8-10-6-4-2-1-3-5-4/h1-3H. The Morgan fingerprint density at radius 3 is 3.00 bits per heavy atom. The van der Waals surface area contributed by atoms with Crippen LogP contribution in [0.15, 0.2) is 22.8 Å². The second-order valence-electron chi connectivity index (χ2n) is 1.40. The highest BCUT2D eigenvalue weighted by Crippen LogP contribution is 2.08. The molecule has 0 saturated carbocycles. The van der Waals surface area contributed by atoms with Crippen LogP contribution in [0.1, 0.15) is 0 Å². The van der Waals surface area contributed by atoms with Crippen molar-refractivity contribution in [1.82, 2.24) is 0 Å². The molecule has 0 fully saturated rings. The van der Waals surface area contributed by atoms with E-state index in [0.717, 1.165) is 0 Å². The summed E-state index contributed by atoms with van der Waals surface area (Å²) in [7, 11) is 2.62. The van der Waals surface area contributed by atoms with Crippen molar-refractivity contribution in [1.29, 1.82) is 0 Å². The fraction of sp³-hybridized carbons (Fsp3) is 0. The summed E-state index contributed by atoms with van der Waals surface area (Å²) in [5, 5.41) is 0. The molecule has 7 radical (unpaired) electrons. The molecule has 0 aliphatic heterocycles. The van der Waals surface area contributed by atoms with Crippen LogP contribution >= 0.6 is 0 Å². The fourth-order valence-electron chi connectivity index (χ4n) is 0.421. The van der Waals surface area contributed by atoms with Crippen molar-refractivity contribution in [2.75, 3.05) is 0 Å². The normalized spacial score (nSPS) is 9.91. The average molecular weight is 199 g/mol. The van der Waals surface area contributed by atoms with Gasteiger partial charge in [0.15, 0.2) is 0 Å². The first-order chi connectivity index (χ1) is 5.43. The van der Waals surface area contributed by atoms with Gasteiger partial charge in [0.05, 0.1) is 6.26 Å². The first-order valence-electron chi connectivity index (χ1n) is 2.62. The molecular formula is C4H3O4Si3. The molecule has 7 heteroatoms. The Morgan fingerprint density at radius 2 is 2.36 bits per heavy atom. The third kappa shape index (κ3) is 3.53. The topological polar surface area (TPSA) is 40.8 Å². The number of rotatable bonds is 5. The van der Waals surface area contributed by atoms with E-state index in [9.17, 15) is 0 Å². The van der Waals surface area contributed by atoms with Gasteiger partial charge in [-0.2, -0.15) is 0 Å². The SMILES string of the molecule is [Si]O[Si]O[Si]Oc1ccco1. The monoisotopic (exact) mass is 199 g/mol. The third-order valence-electron chi connectivity index (χ3n) is 0.762. The van der Waals surface area contributed by atoms with Gasteiger partial charge in [0, 0.05) is 6.07 Å². The van der Waals surface area contributed by atoms with Crippen molar-refractivity contribution in [2.24, 2.45) is 0 Å². The number of hydrogen-bond donors (Lipinski definition) is 0. The molecule has 0 aliphatic carbocycles. The third-order valence-corrected chi connectivity index (χ3v) is 2.05. The van der Waals surface area contributed by atoms with Crippen molar-refractivity contribution in [3.8, 4) is 5.95 Å². The van der Waals surface area contributed by atoms with Gasteiger partial charge in [-0.05, 0) is 6.07 Å². The van der Waals surface area contributed by atoms with E-state index in [1.807, 2.05) is 0 Å². The summed E-state index contributed by atoms with van der Waals surface area (Å²) in [4.78, 5) is 0. The van der Waals surface area contributed by atoms with Crippen LogP contribution in [0.3, 0.4) is 0 Å². The summed E-state index contributed by atoms with van der Waals surface area (Å²) < 4.78 is 19.2. The first-order valence-corrected chi connectivity index (χ1v) is 4.66. The van der Waals surface area contributed by atoms with E-state index in [2.05, 4.69) is 14.6 Å². The summed E-state index contributed by atoms with van der Waals surface area (Å²) in [6, 6.07) is 3.44. The van der Waals surface area contributed by atoms with E-state index >= 15 is 0 Å². The molecule has 0 aliphatic rings. The minimum atomic E-state index is -0.104. The highest BCUT2D eigenvalue weighted by molar-refractivity contribution is 6.38. The van der Waals surface area contributed by atoms with Gasteiger partial charge in [-0.25, -0.2) is 0 Å².